The molecule has 0 fully saturated rings. The van der Waals surface area contributed by atoms with Crippen LogP contribution in [0.1, 0.15) is 27.8 Å². The van der Waals surface area contributed by atoms with Gasteiger partial charge in [-0.2, -0.15) is 0 Å². The number of hydrogen-bond donors (Lipinski definition) is 0. The van der Waals surface area contributed by atoms with Gasteiger partial charge in [0.2, 0.25) is 0 Å². The molecule has 0 bridgehead atoms. The SMILES string of the molecule is Cc1cccc2c1-c1ccc(N(c3ccccc3)c3ccc(-c4cc(-c5ccccc5)c(-c5ccc(N(c6ccccc6)c6ccc7ccccc7c6-c6ccccc6)cc5)cc4-c4ccccc4)cc3)cc1C2(c1ccccc1)c1ccccc1. The minimum atomic E-state index is -0.535. The summed E-state index contributed by atoms with van der Waals surface area (Å²) < 4.78 is 0. The highest BCUT2D eigenvalue weighted by molar-refractivity contribution is 6.06. The van der Waals surface area contributed by atoms with Gasteiger partial charge in [0, 0.05) is 34.0 Å². The summed E-state index contributed by atoms with van der Waals surface area (Å²) in [6, 6.07) is 127. The molecule has 0 saturated carbocycles. The maximum Gasteiger partial charge on any atom is 0.0714 e. The summed E-state index contributed by atoms with van der Waals surface area (Å²) in [7, 11) is 0. The molecule has 0 heterocycles. The van der Waals surface area contributed by atoms with E-state index in [1.165, 1.54) is 72.0 Å². The largest absolute Gasteiger partial charge is 0.310 e. The van der Waals surface area contributed by atoms with Crippen LogP contribution >= 0.6 is 0 Å². The Balaban J connectivity index is 0.864. The normalized spacial score (nSPS) is 12.1. The molecule has 1 aliphatic rings. The first-order valence-corrected chi connectivity index (χ1v) is 29.7. The molecule has 1 aliphatic carbocycles. The van der Waals surface area contributed by atoms with E-state index < -0.39 is 5.41 Å². The van der Waals surface area contributed by atoms with Gasteiger partial charge in [-0.1, -0.05) is 267 Å². The number of para-hydroxylation sites is 2. The van der Waals surface area contributed by atoms with Crippen molar-refractivity contribution in [3.05, 3.63) is 374 Å². The number of rotatable bonds is 13. The third kappa shape index (κ3) is 9.08. The summed E-state index contributed by atoms with van der Waals surface area (Å²) in [5.74, 6) is 0. The second-order valence-electron chi connectivity index (χ2n) is 22.4. The average molecular weight is 1100 g/mol. The zero-order valence-corrected chi connectivity index (χ0v) is 47.8. The predicted molar refractivity (Wildman–Crippen MR) is 363 cm³/mol. The van der Waals surface area contributed by atoms with Crippen molar-refractivity contribution in [2.75, 3.05) is 9.80 Å². The molecule has 0 aliphatic heterocycles. The van der Waals surface area contributed by atoms with E-state index in [2.05, 4.69) is 363 Å². The van der Waals surface area contributed by atoms with Crippen LogP contribution in [0.15, 0.2) is 346 Å². The van der Waals surface area contributed by atoms with Gasteiger partial charge in [0.15, 0.2) is 0 Å². The van der Waals surface area contributed by atoms with Gasteiger partial charge in [0.25, 0.3) is 0 Å². The maximum atomic E-state index is 2.46. The van der Waals surface area contributed by atoms with Gasteiger partial charge in [-0.15, -0.1) is 0 Å². The first-order valence-electron chi connectivity index (χ1n) is 29.7. The summed E-state index contributed by atoms with van der Waals surface area (Å²) in [4.78, 5) is 4.83. The van der Waals surface area contributed by atoms with E-state index in [-0.39, 0.29) is 0 Å². The Bertz CT molecular complexity index is 4660. The molecule has 14 aromatic carbocycles. The number of anilines is 6. The zero-order valence-electron chi connectivity index (χ0n) is 47.8. The summed E-state index contributed by atoms with van der Waals surface area (Å²) in [6.45, 7) is 2.26. The van der Waals surface area contributed by atoms with Gasteiger partial charge in [0.1, 0.15) is 0 Å². The fourth-order valence-electron chi connectivity index (χ4n) is 13.6. The van der Waals surface area contributed by atoms with E-state index in [1.54, 1.807) is 0 Å². The lowest BCUT2D eigenvalue weighted by Gasteiger charge is -2.35. The molecule has 14 aromatic rings. The molecular formula is C84H60N2. The molecule has 0 radical (unpaired) electrons. The molecule has 0 aromatic heterocycles. The van der Waals surface area contributed by atoms with Crippen LogP contribution in [0, 0.1) is 6.92 Å². The van der Waals surface area contributed by atoms with Gasteiger partial charge in [-0.05, 0) is 186 Å². The third-order valence-corrected chi connectivity index (χ3v) is 17.5. The molecular weight excluding hydrogens is 1040 g/mol. The number of benzene rings is 14. The first-order chi connectivity index (χ1) is 42.6. The molecule has 0 spiro atoms. The Kier molecular flexibility index (Phi) is 13.4. The van der Waals surface area contributed by atoms with Crippen LogP contribution in [0.25, 0.3) is 77.5 Å². The molecule has 0 atom stereocenters. The van der Waals surface area contributed by atoms with Gasteiger partial charge < -0.3 is 9.80 Å². The van der Waals surface area contributed by atoms with Gasteiger partial charge in [-0.3, -0.25) is 0 Å². The Labute approximate surface area is 504 Å². The molecule has 15 rings (SSSR count). The maximum absolute atomic E-state index is 2.46. The standard InChI is InChI=1S/C84H60N2/c1-59-26-25-43-79-82(59)74-54-53-72(56-80(74)84(79,66-34-15-5-16-35-66)67-36-17-6-18-37-67)85(68-38-19-7-20-39-68)70-49-44-63(45-50-70)77-57-76(61-29-11-3-12-30-61)78(58-75(77)60-27-9-2-10-28-60)64-46-51-71(52-47-64)86(69-40-21-8-22-41-69)81-55-48-62-31-23-24-42-73(62)83(81)65-32-13-4-14-33-65/h2-58H,1H3. The molecule has 86 heavy (non-hydrogen) atoms. The Morgan fingerprint density at radius 1 is 0.244 bits per heavy atom. The summed E-state index contributed by atoms with van der Waals surface area (Å²) in [6.07, 6.45) is 0. The predicted octanol–water partition coefficient (Wildman–Crippen LogP) is 22.8. The molecule has 0 saturated heterocycles. The van der Waals surface area contributed by atoms with Crippen molar-refractivity contribution in [2.24, 2.45) is 0 Å². The van der Waals surface area contributed by atoms with Crippen molar-refractivity contribution in [1.82, 2.24) is 0 Å². The van der Waals surface area contributed by atoms with Crippen LogP contribution in [0.3, 0.4) is 0 Å². The Morgan fingerprint density at radius 3 is 1.17 bits per heavy atom. The van der Waals surface area contributed by atoms with Crippen molar-refractivity contribution in [2.45, 2.75) is 12.3 Å². The minimum Gasteiger partial charge on any atom is -0.310 e. The highest BCUT2D eigenvalue weighted by Gasteiger charge is 2.47. The van der Waals surface area contributed by atoms with Gasteiger partial charge in [0.05, 0.1) is 11.1 Å². The lowest BCUT2D eigenvalue weighted by atomic mass is 9.67. The van der Waals surface area contributed by atoms with E-state index in [0.29, 0.717) is 0 Å². The summed E-state index contributed by atoms with van der Waals surface area (Å²) >= 11 is 0. The fourth-order valence-corrected chi connectivity index (χ4v) is 13.6. The van der Waals surface area contributed by atoms with Gasteiger partial charge >= 0.3 is 0 Å². The van der Waals surface area contributed by atoms with Gasteiger partial charge in [-0.25, -0.2) is 0 Å². The van der Waals surface area contributed by atoms with Crippen LogP contribution in [0.4, 0.5) is 34.1 Å². The van der Waals surface area contributed by atoms with Crippen molar-refractivity contribution in [3.8, 4) is 66.8 Å². The topological polar surface area (TPSA) is 6.48 Å². The number of nitrogens with zero attached hydrogens (tertiary/aromatic N) is 2. The highest BCUT2D eigenvalue weighted by Crippen LogP contribution is 2.58. The third-order valence-electron chi connectivity index (χ3n) is 17.5. The average Bonchev–Trinajstić information content (AvgIpc) is 1.61. The quantitative estimate of drug-likeness (QED) is 0.114. The minimum absolute atomic E-state index is 0.535. The number of fused-ring (bicyclic) bond motifs is 4. The monoisotopic (exact) mass is 1100 g/mol. The molecule has 2 nitrogen and oxygen atoms in total. The van der Waals surface area contributed by atoms with Crippen LogP contribution in [0.5, 0.6) is 0 Å². The molecule has 0 amide bonds. The van der Waals surface area contributed by atoms with E-state index in [4.69, 9.17) is 0 Å². The second-order valence-corrected chi connectivity index (χ2v) is 22.4. The van der Waals surface area contributed by atoms with Crippen molar-refractivity contribution < 1.29 is 0 Å². The van der Waals surface area contributed by atoms with E-state index in [0.717, 1.165) is 67.5 Å². The molecule has 406 valence electrons. The number of hydrogen-bond acceptors (Lipinski definition) is 2. The highest BCUT2D eigenvalue weighted by atomic mass is 15.1. The van der Waals surface area contributed by atoms with Crippen LogP contribution in [-0.2, 0) is 5.41 Å². The first kappa shape index (κ1) is 51.8. The Morgan fingerprint density at radius 2 is 0.651 bits per heavy atom. The Hall–Kier alpha value is -11.1. The second kappa shape index (κ2) is 22.3. The van der Waals surface area contributed by atoms with Crippen LogP contribution < -0.4 is 9.80 Å². The lowest BCUT2D eigenvalue weighted by Crippen LogP contribution is -2.28. The zero-order chi connectivity index (χ0) is 57.4. The summed E-state index contributed by atoms with van der Waals surface area (Å²) in [5.41, 5.74) is 26.6. The molecule has 2 heteroatoms. The summed E-state index contributed by atoms with van der Waals surface area (Å²) in [5, 5.41) is 2.43. The van der Waals surface area contributed by atoms with Crippen LogP contribution in [-0.4, -0.2) is 0 Å². The fraction of sp³-hybridized carbons (Fsp3) is 0.0238. The van der Waals surface area contributed by atoms with Crippen molar-refractivity contribution >= 4 is 44.9 Å². The van der Waals surface area contributed by atoms with Crippen LogP contribution in [0.2, 0.25) is 0 Å². The van der Waals surface area contributed by atoms with Crippen molar-refractivity contribution in [3.63, 3.8) is 0 Å². The van der Waals surface area contributed by atoms with E-state index >= 15 is 0 Å². The smallest absolute Gasteiger partial charge is 0.0714 e. The molecule has 0 unspecified atom stereocenters. The van der Waals surface area contributed by atoms with E-state index in [1.807, 2.05) is 0 Å². The number of aryl methyl sites for hydroxylation is 1. The van der Waals surface area contributed by atoms with E-state index in [9.17, 15) is 0 Å². The lowest BCUT2D eigenvalue weighted by molar-refractivity contribution is 0.768. The van der Waals surface area contributed by atoms with Crippen molar-refractivity contribution in [1.29, 1.82) is 0 Å². The molecule has 0 N–H and O–H groups in total.